The number of carboxylic acid groups (broad SMARTS) is 1. The predicted octanol–water partition coefficient (Wildman–Crippen LogP) is 2.78. The van der Waals surface area contributed by atoms with Crippen LogP contribution in [0.15, 0.2) is 48.8 Å². The third-order valence-electron chi connectivity index (χ3n) is 5.62. The van der Waals surface area contributed by atoms with E-state index in [4.69, 9.17) is 20.0 Å². The molecule has 1 aliphatic rings. The van der Waals surface area contributed by atoms with Gasteiger partial charge in [0, 0.05) is 25.4 Å². The molecular formula is C23H25N7O3. The minimum atomic E-state index is -0.250. The molecule has 1 atom stereocenters. The largest absolute Gasteiger partial charge is 0.483 e. The minimum Gasteiger partial charge on any atom is -0.483 e. The lowest BCUT2D eigenvalue weighted by Crippen LogP contribution is -2.44. The first-order valence-corrected chi connectivity index (χ1v) is 10.6. The molecule has 10 heteroatoms. The summed E-state index contributed by atoms with van der Waals surface area (Å²) < 4.78 is 3.68. The topological polar surface area (TPSA) is 119 Å². The highest BCUT2D eigenvalue weighted by molar-refractivity contribution is 5.97. The Balaban J connectivity index is 0.000000821. The number of rotatable bonds is 3. The molecule has 1 N–H and O–H groups in total. The molecule has 33 heavy (non-hydrogen) atoms. The van der Waals surface area contributed by atoms with E-state index in [0.29, 0.717) is 24.5 Å². The summed E-state index contributed by atoms with van der Waals surface area (Å²) in [6.07, 6.45) is 3.34. The van der Waals surface area contributed by atoms with Gasteiger partial charge in [0.05, 0.1) is 29.9 Å². The maximum atomic E-state index is 13.5. The fourth-order valence-corrected chi connectivity index (χ4v) is 4.12. The standard InChI is InChI=1S/C22H23N7O.CH2O2/c1-14(2)19-21-25-20(15-7-5-4-6-8-15)26-29(21)10-9-28(19)22(30)16-11-18-17(23-12-16)13-24-27(18)3;2-1-3/h4-8,11-14,19H,9-10H2,1-3H3;1H,(H,2,3)/t19-;/m0./s1. The van der Waals surface area contributed by atoms with Crippen molar-refractivity contribution in [2.45, 2.75) is 26.4 Å². The maximum absolute atomic E-state index is 13.5. The summed E-state index contributed by atoms with van der Waals surface area (Å²) >= 11 is 0. The molecular weight excluding hydrogens is 422 g/mol. The van der Waals surface area contributed by atoms with Crippen LogP contribution in [-0.2, 0) is 18.4 Å². The Morgan fingerprint density at radius 2 is 1.91 bits per heavy atom. The molecule has 4 aromatic rings. The number of carbonyl (C=O) groups excluding carboxylic acids is 1. The first-order valence-electron chi connectivity index (χ1n) is 10.6. The molecule has 0 aliphatic carbocycles. The van der Waals surface area contributed by atoms with Crippen molar-refractivity contribution < 1.29 is 14.7 Å². The number of fused-ring (bicyclic) bond motifs is 2. The lowest BCUT2D eigenvalue weighted by atomic mass is 9.99. The van der Waals surface area contributed by atoms with Gasteiger partial charge in [0.1, 0.15) is 5.52 Å². The molecule has 10 nitrogen and oxygen atoms in total. The van der Waals surface area contributed by atoms with E-state index in [1.807, 2.05) is 53.0 Å². The lowest BCUT2D eigenvalue weighted by molar-refractivity contribution is -0.122. The van der Waals surface area contributed by atoms with Gasteiger partial charge in [-0.2, -0.15) is 10.2 Å². The number of amides is 1. The van der Waals surface area contributed by atoms with E-state index < -0.39 is 0 Å². The summed E-state index contributed by atoms with van der Waals surface area (Å²) in [6.45, 7) is 5.17. The summed E-state index contributed by atoms with van der Waals surface area (Å²) in [5.41, 5.74) is 3.16. The number of nitrogens with zero attached hydrogens (tertiary/aromatic N) is 7. The van der Waals surface area contributed by atoms with Crippen LogP contribution >= 0.6 is 0 Å². The van der Waals surface area contributed by atoms with Crippen LogP contribution in [0.25, 0.3) is 22.4 Å². The van der Waals surface area contributed by atoms with Crippen molar-refractivity contribution in [1.82, 2.24) is 34.4 Å². The zero-order chi connectivity index (χ0) is 23.5. The second-order valence-corrected chi connectivity index (χ2v) is 8.07. The van der Waals surface area contributed by atoms with Crippen LogP contribution in [0.4, 0.5) is 0 Å². The smallest absolute Gasteiger partial charge is 0.290 e. The molecule has 0 saturated carbocycles. The molecule has 0 radical (unpaired) electrons. The molecule has 0 bridgehead atoms. The number of carbonyl (C=O) groups is 2. The molecule has 3 aromatic heterocycles. The average molecular weight is 447 g/mol. The monoisotopic (exact) mass is 447 g/mol. The highest BCUT2D eigenvalue weighted by atomic mass is 16.3. The van der Waals surface area contributed by atoms with Crippen molar-refractivity contribution in [3.63, 3.8) is 0 Å². The Hall–Kier alpha value is -4.08. The molecule has 1 aromatic carbocycles. The molecule has 0 unspecified atom stereocenters. The molecule has 1 amide bonds. The van der Waals surface area contributed by atoms with E-state index in [9.17, 15) is 4.79 Å². The van der Waals surface area contributed by atoms with Gasteiger partial charge < -0.3 is 10.0 Å². The van der Waals surface area contributed by atoms with Gasteiger partial charge >= 0.3 is 0 Å². The number of benzene rings is 1. The molecule has 0 saturated heterocycles. The van der Waals surface area contributed by atoms with Gasteiger partial charge in [0.2, 0.25) is 0 Å². The predicted molar refractivity (Wildman–Crippen MR) is 121 cm³/mol. The third kappa shape index (κ3) is 4.19. The summed E-state index contributed by atoms with van der Waals surface area (Å²) in [6, 6.07) is 11.7. The van der Waals surface area contributed by atoms with Crippen molar-refractivity contribution in [2.75, 3.05) is 6.54 Å². The number of pyridine rings is 1. The number of aromatic nitrogens is 6. The Labute approximate surface area is 190 Å². The summed E-state index contributed by atoms with van der Waals surface area (Å²) in [5.74, 6) is 1.68. The van der Waals surface area contributed by atoms with Gasteiger partial charge in [-0.15, -0.1) is 0 Å². The first kappa shape index (κ1) is 22.1. The van der Waals surface area contributed by atoms with E-state index in [2.05, 4.69) is 23.9 Å². The first-order chi connectivity index (χ1) is 15.9. The van der Waals surface area contributed by atoms with Crippen LogP contribution < -0.4 is 0 Å². The van der Waals surface area contributed by atoms with Crippen molar-refractivity contribution in [2.24, 2.45) is 13.0 Å². The maximum Gasteiger partial charge on any atom is 0.290 e. The normalized spacial score (nSPS) is 15.2. The van der Waals surface area contributed by atoms with Gasteiger partial charge in [-0.25, -0.2) is 9.67 Å². The Morgan fingerprint density at radius 3 is 2.61 bits per heavy atom. The minimum absolute atomic E-state index is 0.0418. The fourth-order valence-electron chi connectivity index (χ4n) is 4.12. The molecule has 4 heterocycles. The van der Waals surface area contributed by atoms with E-state index in [-0.39, 0.29) is 24.3 Å². The van der Waals surface area contributed by atoms with Crippen LogP contribution in [0.1, 0.15) is 36.1 Å². The van der Waals surface area contributed by atoms with Crippen LogP contribution in [0.3, 0.4) is 0 Å². The van der Waals surface area contributed by atoms with Gasteiger partial charge in [0.25, 0.3) is 12.4 Å². The quantitative estimate of drug-likeness (QED) is 0.480. The Morgan fingerprint density at radius 1 is 1.18 bits per heavy atom. The molecule has 5 rings (SSSR count). The van der Waals surface area contributed by atoms with Gasteiger partial charge in [-0.05, 0) is 12.0 Å². The highest BCUT2D eigenvalue weighted by Gasteiger charge is 2.36. The van der Waals surface area contributed by atoms with Crippen LogP contribution in [0.5, 0.6) is 0 Å². The van der Waals surface area contributed by atoms with Gasteiger partial charge in [-0.1, -0.05) is 44.2 Å². The average Bonchev–Trinajstić information content (AvgIpc) is 3.42. The number of aryl methyl sites for hydroxylation is 1. The van der Waals surface area contributed by atoms with Crippen LogP contribution in [0, 0.1) is 5.92 Å². The number of hydrogen-bond donors (Lipinski definition) is 1. The molecule has 1 aliphatic heterocycles. The Kier molecular flexibility index (Phi) is 6.16. The number of hydrogen-bond acceptors (Lipinski definition) is 6. The van der Waals surface area contributed by atoms with Crippen molar-refractivity contribution >= 4 is 23.4 Å². The zero-order valence-electron chi connectivity index (χ0n) is 18.7. The second kappa shape index (κ2) is 9.19. The summed E-state index contributed by atoms with van der Waals surface area (Å²) in [5, 5.41) is 15.8. The SMILES string of the molecule is CC(C)[C@H]1c2nc(-c3ccccc3)nn2CCN1C(=O)c1cnc2cnn(C)c2c1.O=CO. The van der Waals surface area contributed by atoms with Gasteiger partial charge in [-0.3, -0.25) is 19.3 Å². The zero-order valence-corrected chi connectivity index (χ0v) is 18.7. The summed E-state index contributed by atoms with van der Waals surface area (Å²) in [4.78, 5) is 33.0. The molecule has 0 spiro atoms. The van der Waals surface area contributed by atoms with E-state index in [1.54, 1.807) is 17.1 Å². The lowest BCUT2D eigenvalue weighted by Gasteiger charge is -2.37. The molecule has 0 fully saturated rings. The van der Waals surface area contributed by atoms with E-state index in [1.165, 1.54) is 0 Å². The van der Waals surface area contributed by atoms with Crippen molar-refractivity contribution in [1.29, 1.82) is 0 Å². The van der Waals surface area contributed by atoms with E-state index in [0.717, 1.165) is 22.4 Å². The third-order valence-corrected chi connectivity index (χ3v) is 5.62. The Bertz CT molecular complexity index is 1280. The van der Waals surface area contributed by atoms with Crippen molar-refractivity contribution in [3.8, 4) is 11.4 Å². The summed E-state index contributed by atoms with van der Waals surface area (Å²) in [7, 11) is 1.85. The van der Waals surface area contributed by atoms with Gasteiger partial charge in [0.15, 0.2) is 11.6 Å². The highest BCUT2D eigenvalue weighted by Crippen LogP contribution is 2.33. The van der Waals surface area contributed by atoms with E-state index >= 15 is 0 Å². The van der Waals surface area contributed by atoms with Crippen LogP contribution in [0.2, 0.25) is 0 Å². The second-order valence-electron chi connectivity index (χ2n) is 8.07. The van der Waals surface area contributed by atoms with Crippen LogP contribution in [-0.4, -0.2) is 58.5 Å². The molecule has 170 valence electrons. The van der Waals surface area contributed by atoms with Crippen molar-refractivity contribution in [3.05, 3.63) is 60.2 Å². The fraction of sp³-hybridized carbons (Fsp3) is 0.304.